The highest BCUT2D eigenvalue weighted by Crippen LogP contribution is 2.20. The van der Waals surface area contributed by atoms with Gasteiger partial charge in [0.15, 0.2) is 5.78 Å². The lowest BCUT2D eigenvalue weighted by atomic mass is 10.1. The number of nitrogens with one attached hydrogen (secondary N) is 2. The second kappa shape index (κ2) is 9.13. The number of para-hydroxylation sites is 1. The summed E-state index contributed by atoms with van der Waals surface area (Å²) >= 11 is 3.33. The lowest BCUT2D eigenvalue weighted by Crippen LogP contribution is -2.33. The normalized spacial score (nSPS) is 10.2. The molecule has 0 aliphatic rings. The standard InChI is InChI=1S/C19H19BrN2O3/c1-13-6-8-14(9-7-13)17(23)10-11-18(24)21-12-19(25)22-16-5-3-2-4-15(16)20/h2-9H,10-12H2,1H3,(H,21,24)(H,22,25). The van der Waals surface area contributed by atoms with Crippen LogP contribution < -0.4 is 10.6 Å². The fraction of sp³-hybridized carbons (Fsp3) is 0.211. The Morgan fingerprint density at radius 3 is 2.28 bits per heavy atom. The lowest BCUT2D eigenvalue weighted by molar-refractivity contribution is -0.124. The Balaban J connectivity index is 1.73. The third kappa shape index (κ3) is 6.15. The third-order valence-electron chi connectivity index (χ3n) is 3.55. The van der Waals surface area contributed by atoms with Gasteiger partial charge in [0.2, 0.25) is 11.8 Å². The van der Waals surface area contributed by atoms with Crippen molar-refractivity contribution in [2.75, 3.05) is 11.9 Å². The molecule has 0 unspecified atom stereocenters. The molecule has 2 rings (SSSR count). The first-order chi connectivity index (χ1) is 12.0. The number of amides is 2. The molecule has 0 heterocycles. The van der Waals surface area contributed by atoms with Crippen molar-refractivity contribution in [2.45, 2.75) is 19.8 Å². The number of carbonyl (C=O) groups excluding carboxylic acids is 3. The van der Waals surface area contributed by atoms with Crippen molar-refractivity contribution < 1.29 is 14.4 Å². The molecule has 6 heteroatoms. The van der Waals surface area contributed by atoms with Crippen LogP contribution in [0.3, 0.4) is 0 Å². The number of aryl methyl sites for hydroxylation is 1. The molecule has 0 spiro atoms. The zero-order valence-electron chi connectivity index (χ0n) is 13.8. The Hall–Kier alpha value is -2.47. The van der Waals surface area contributed by atoms with Crippen LogP contribution >= 0.6 is 15.9 Å². The molecule has 0 radical (unpaired) electrons. The minimum Gasteiger partial charge on any atom is -0.347 e. The number of anilines is 1. The van der Waals surface area contributed by atoms with Crippen LogP contribution in [0.1, 0.15) is 28.8 Å². The van der Waals surface area contributed by atoms with Crippen LogP contribution in [0.5, 0.6) is 0 Å². The van der Waals surface area contributed by atoms with E-state index in [-0.39, 0.29) is 37.0 Å². The van der Waals surface area contributed by atoms with E-state index in [0.717, 1.165) is 10.0 Å². The van der Waals surface area contributed by atoms with Crippen molar-refractivity contribution in [2.24, 2.45) is 0 Å². The number of halogens is 1. The van der Waals surface area contributed by atoms with Gasteiger partial charge in [-0.2, -0.15) is 0 Å². The smallest absolute Gasteiger partial charge is 0.243 e. The van der Waals surface area contributed by atoms with Gasteiger partial charge in [-0.05, 0) is 35.0 Å². The maximum atomic E-state index is 12.0. The van der Waals surface area contributed by atoms with Crippen LogP contribution in [0, 0.1) is 6.92 Å². The largest absolute Gasteiger partial charge is 0.347 e. The number of ketones is 1. The molecule has 2 amide bonds. The average molecular weight is 403 g/mol. The van der Waals surface area contributed by atoms with Crippen LogP contribution in [0.2, 0.25) is 0 Å². The van der Waals surface area contributed by atoms with E-state index in [0.29, 0.717) is 11.3 Å². The first-order valence-corrected chi connectivity index (χ1v) is 8.66. The topological polar surface area (TPSA) is 75.3 Å². The lowest BCUT2D eigenvalue weighted by Gasteiger charge is -2.08. The molecule has 2 aromatic rings. The van der Waals surface area contributed by atoms with Crippen LogP contribution in [-0.2, 0) is 9.59 Å². The summed E-state index contributed by atoms with van der Waals surface area (Å²) in [5, 5.41) is 5.21. The molecule has 25 heavy (non-hydrogen) atoms. The van der Waals surface area contributed by atoms with E-state index in [9.17, 15) is 14.4 Å². The Bertz CT molecular complexity index is 772. The van der Waals surface area contributed by atoms with Gasteiger partial charge in [0.05, 0.1) is 12.2 Å². The molecule has 0 saturated heterocycles. The summed E-state index contributed by atoms with van der Waals surface area (Å²) in [4.78, 5) is 35.7. The fourth-order valence-corrected chi connectivity index (χ4v) is 2.52. The van der Waals surface area contributed by atoms with Crippen molar-refractivity contribution in [3.63, 3.8) is 0 Å². The summed E-state index contributed by atoms with van der Waals surface area (Å²) in [5.74, 6) is -0.749. The highest BCUT2D eigenvalue weighted by atomic mass is 79.9. The Labute approximate surface area is 154 Å². The molecular formula is C19H19BrN2O3. The number of rotatable bonds is 7. The van der Waals surface area contributed by atoms with E-state index in [2.05, 4.69) is 26.6 Å². The fourth-order valence-electron chi connectivity index (χ4n) is 2.14. The van der Waals surface area contributed by atoms with Crippen molar-refractivity contribution in [1.29, 1.82) is 0 Å². The van der Waals surface area contributed by atoms with Crippen molar-refractivity contribution >= 4 is 39.2 Å². The zero-order valence-corrected chi connectivity index (χ0v) is 15.4. The van der Waals surface area contributed by atoms with Crippen LogP contribution in [0.25, 0.3) is 0 Å². The summed E-state index contributed by atoms with van der Waals surface area (Å²) in [7, 11) is 0. The average Bonchev–Trinajstić information content (AvgIpc) is 2.60. The van der Waals surface area contributed by atoms with Crippen molar-refractivity contribution in [1.82, 2.24) is 5.32 Å². The Kier molecular flexibility index (Phi) is 6.89. The summed E-state index contributed by atoms with van der Waals surface area (Å²) in [6.45, 7) is 1.81. The first-order valence-electron chi connectivity index (χ1n) is 7.86. The second-order valence-electron chi connectivity index (χ2n) is 5.59. The minimum atomic E-state index is -0.331. The molecule has 130 valence electrons. The molecule has 0 fully saturated rings. The summed E-state index contributed by atoms with van der Waals surface area (Å²) in [5.41, 5.74) is 2.30. The monoisotopic (exact) mass is 402 g/mol. The number of benzene rings is 2. The summed E-state index contributed by atoms with van der Waals surface area (Å²) in [6, 6.07) is 14.4. The summed E-state index contributed by atoms with van der Waals surface area (Å²) in [6.07, 6.45) is 0.162. The van der Waals surface area contributed by atoms with Gasteiger partial charge in [0.1, 0.15) is 0 Å². The molecule has 0 atom stereocenters. The van der Waals surface area contributed by atoms with Gasteiger partial charge in [-0.15, -0.1) is 0 Å². The number of hydrogen-bond donors (Lipinski definition) is 2. The molecule has 5 nitrogen and oxygen atoms in total. The van der Waals surface area contributed by atoms with E-state index in [1.807, 2.05) is 31.2 Å². The predicted molar refractivity (Wildman–Crippen MR) is 101 cm³/mol. The van der Waals surface area contributed by atoms with Crippen LogP contribution in [-0.4, -0.2) is 24.1 Å². The molecule has 0 bridgehead atoms. The van der Waals surface area contributed by atoms with Gasteiger partial charge < -0.3 is 10.6 Å². The SMILES string of the molecule is Cc1ccc(C(=O)CCC(=O)NCC(=O)Nc2ccccc2Br)cc1. The van der Waals surface area contributed by atoms with Gasteiger partial charge in [-0.3, -0.25) is 14.4 Å². The van der Waals surface area contributed by atoms with Gasteiger partial charge >= 0.3 is 0 Å². The zero-order chi connectivity index (χ0) is 18.2. The van der Waals surface area contributed by atoms with E-state index in [1.165, 1.54) is 0 Å². The van der Waals surface area contributed by atoms with Gasteiger partial charge in [0.25, 0.3) is 0 Å². The second-order valence-corrected chi connectivity index (χ2v) is 6.45. The number of hydrogen-bond acceptors (Lipinski definition) is 3. The first kappa shape index (κ1) is 18.9. The van der Waals surface area contributed by atoms with Gasteiger partial charge in [-0.1, -0.05) is 42.0 Å². The molecular weight excluding hydrogens is 384 g/mol. The molecule has 2 N–H and O–H groups in total. The van der Waals surface area contributed by atoms with Crippen LogP contribution in [0.4, 0.5) is 5.69 Å². The van der Waals surface area contributed by atoms with Gasteiger partial charge in [-0.25, -0.2) is 0 Å². The van der Waals surface area contributed by atoms with Gasteiger partial charge in [0, 0.05) is 22.9 Å². The van der Waals surface area contributed by atoms with Crippen LogP contribution in [0.15, 0.2) is 53.0 Å². The van der Waals surface area contributed by atoms with E-state index in [1.54, 1.807) is 24.3 Å². The third-order valence-corrected chi connectivity index (χ3v) is 4.24. The number of Topliss-reactive ketones (excluding diaryl/α,β-unsaturated/α-hetero) is 1. The summed E-state index contributed by atoms with van der Waals surface area (Å²) < 4.78 is 0.762. The highest BCUT2D eigenvalue weighted by Gasteiger charge is 2.11. The quantitative estimate of drug-likeness (QED) is 0.696. The maximum absolute atomic E-state index is 12.0. The molecule has 2 aromatic carbocycles. The molecule has 0 aliphatic heterocycles. The minimum absolute atomic E-state index is 0.0506. The maximum Gasteiger partial charge on any atom is 0.243 e. The highest BCUT2D eigenvalue weighted by molar-refractivity contribution is 9.10. The Morgan fingerprint density at radius 2 is 1.60 bits per heavy atom. The van der Waals surface area contributed by atoms with E-state index >= 15 is 0 Å². The van der Waals surface area contributed by atoms with E-state index in [4.69, 9.17) is 0 Å². The molecule has 0 saturated carbocycles. The van der Waals surface area contributed by atoms with Crippen molar-refractivity contribution in [3.8, 4) is 0 Å². The molecule has 0 aliphatic carbocycles. The molecule has 0 aromatic heterocycles. The predicted octanol–water partition coefficient (Wildman–Crippen LogP) is 3.48. The number of carbonyl (C=O) groups is 3. The van der Waals surface area contributed by atoms with E-state index < -0.39 is 0 Å². The Morgan fingerprint density at radius 1 is 0.920 bits per heavy atom. The van der Waals surface area contributed by atoms with Crippen molar-refractivity contribution in [3.05, 3.63) is 64.1 Å².